The first-order valence-corrected chi connectivity index (χ1v) is 12.4. The molecule has 3 aromatic rings. The highest BCUT2D eigenvalue weighted by molar-refractivity contribution is 7.92. The van der Waals surface area contributed by atoms with Gasteiger partial charge in [0.15, 0.2) is 17.6 Å². The first kappa shape index (κ1) is 22.1. The van der Waals surface area contributed by atoms with Gasteiger partial charge in [0, 0.05) is 0 Å². The molecule has 9 heteroatoms. The summed E-state index contributed by atoms with van der Waals surface area (Å²) in [6, 6.07) is 20.7. The van der Waals surface area contributed by atoms with E-state index in [4.69, 9.17) is 14.2 Å². The monoisotopic (exact) mass is 480 g/mol. The van der Waals surface area contributed by atoms with Crippen LogP contribution in [0.5, 0.6) is 17.2 Å². The summed E-state index contributed by atoms with van der Waals surface area (Å²) >= 11 is 0. The first-order valence-electron chi connectivity index (χ1n) is 10.9. The minimum Gasteiger partial charge on any atom is -0.486 e. The van der Waals surface area contributed by atoms with Crippen molar-refractivity contribution in [1.82, 2.24) is 5.32 Å². The fraction of sp³-hybridized carbons (Fsp3) is 0.240. The van der Waals surface area contributed by atoms with Crippen molar-refractivity contribution in [2.45, 2.75) is 24.0 Å². The van der Waals surface area contributed by atoms with Crippen molar-refractivity contribution in [2.75, 3.05) is 24.0 Å². The molecule has 1 N–H and O–H groups in total. The van der Waals surface area contributed by atoms with Gasteiger partial charge in [-0.05, 0) is 48.9 Å². The number of anilines is 1. The molecule has 0 aromatic heterocycles. The third-order valence-corrected chi connectivity index (χ3v) is 7.47. The van der Waals surface area contributed by atoms with Crippen LogP contribution in [0.15, 0.2) is 77.7 Å². The Hall–Kier alpha value is -3.72. The first-order chi connectivity index (χ1) is 16.4. The second kappa shape index (κ2) is 8.90. The minimum absolute atomic E-state index is 0.148. The fourth-order valence-electron chi connectivity index (χ4n) is 3.94. The molecule has 1 amide bonds. The van der Waals surface area contributed by atoms with Crippen molar-refractivity contribution in [3.8, 4) is 17.2 Å². The summed E-state index contributed by atoms with van der Waals surface area (Å²) < 4.78 is 45.6. The van der Waals surface area contributed by atoms with E-state index < -0.39 is 22.0 Å². The molecule has 2 aliphatic heterocycles. The van der Waals surface area contributed by atoms with Gasteiger partial charge in [0.25, 0.3) is 15.9 Å². The van der Waals surface area contributed by atoms with Crippen LogP contribution in [-0.2, 0) is 14.8 Å². The summed E-state index contributed by atoms with van der Waals surface area (Å²) in [4.78, 5) is 13.2. The molecule has 0 radical (unpaired) electrons. The molecule has 0 unspecified atom stereocenters. The Morgan fingerprint density at radius 1 is 0.971 bits per heavy atom. The molecule has 0 fully saturated rings. The van der Waals surface area contributed by atoms with Crippen molar-refractivity contribution >= 4 is 21.6 Å². The maximum atomic E-state index is 13.5. The fourth-order valence-corrected chi connectivity index (χ4v) is 5.43. The van der Waals surface area contributed by atoms with Gasteiger partial charge >= 0.3 is 0 Å². The third-order valence-electron chi connectivity index (χ3n) is 5.68. The van der Waals surface area contributed by atoms with Crippen molar-refractivity contribution in [2.24, 2.45) is 0 Å². The van der Waals surface area contributed by atoms with E-state index in [1.165, 1.54) is 16.4 Å². The van der Waals surface area contributed by atoms with Crippen LogP contribution < -0.4 is 23.8 Å². The number of carbonyl (C=O) groups excluding carboxylic acids is 1. The highest BCUT2D eigenvalue weighted by Crippen LogP contribution is 2.38. The Morgan fingerprint density at radius 2 is 1.71 bits per heavy atom. The smallest absolute Gasteiger partial charge is 0.264 e. The number of benzene rings is 3. The van der Waals surface area contributed by atoms with Crippen LogP contribution in [0.3, 0.4) is 0 Å². The van der Waals surface area contributed by atoms with Gasteiger partial charge in [0.1, 0.15) is 18.5 Å². The molecular formula is C25H24N2O6S. The number of nitrogens with one attached hydrogen (secondary N) is 1. The molecule has 0 saturated heterocycles. The number of hydrogen-bond donors (Lipinski definition) is 1. The Bertz CT molecular complexity index is 1310. The lowest BCUT2D eigenvalue weighted by molar-refractivity contribution is -0.128. The average molecular weight is 481 g/mol. The van der Waals surface area contributed by atoms with Gasteiger partial charge in [-0.3, -0.25) is 9.10 Å². The van der Waals surface area contributed by atoms with Gasteiger partial charge < -0.3 is 19.5 Å². The quantitative estimate of drug-likeness (QED) is 0.604. The lowest BCUT2D eigenvalue weighted by atomic mass is 10.1. The van der Waals surface area contributed by atoms with Gasteiger partial charge in [0.2, 0.25) is 0 Å². The number of carbonyl (C=O) groups is 1. The van der Waals surface area contributed by atoms with Crippen LogP contribution in [0.1, 0.15) is 5.56 Å². The minimum atomic E-state index is -3.90. The molecular weight excluding hydrogens is 456 g/mol. The molecule has 0 bridgehead atoms. The van der Waals surface area contributed by atoms with E-state index >= 15 is 0 Å². The summed E-state index contributed by atoms with van der Waals surface area (Å²) in [5.41, 5.74) is 1.29. The molecule has 2 atom stereocenters. The molecule has 0 spiro atoms. The number of nitrogens with zero attached hydrogens (tertiary/aromatic N) is 1. The van der Waals surface area contributed by atoms with Crippen molar-refractivity contribution in [3.05, 3.63) is 78.4 Å². The molecule has 34 heavy (non-hydrogen) atoms. The van der Waals surface area contributed by atoms with Crippen LogP contribution in [0.4, 0.5) is 5.69 Å². The Labute approximate surface area is 198 Å². The van der Waals surface area contributed by atoms with Gasteiger partial charge in [-0.2, -0.15) is 0 Å². The number of hydrogen-bond acceptors (Lipinski definition) is 6. The highest BCUT2D eigenvalue weighted by atomic mass is 32.2. The predicted octanol–water partition coefficient (Wildman–Crippen LogP) is 2.91. The molecule has 8 nitrogen and oxygen atoms in total. The molecule has 176 valence electrons. The second-order valence-electron chi connectivity index (χ2n) is 8.17. The maximum absolute atomic E-state index is 13.5. The lowest BCUT2D eigenvalue weighted by Gasteiger charge is -2.35. The normalized spacial score (nSPS) is 19.0. The molecule has 2 aliphatic rings. The summed E-state index contributed by atoms with van der Waals surface area (Å²) in [6.07, 6.45) is -1.40. The molecule has 2 heterocycles. The zero-order chi connectivity index (χ0) is 23.7. The largest absolute Gasteiger partial charge is 0.486 e. The SMILES string of the molecule is Cc1ccc2c(c1)N(S(=O)(=O)c1ccccc1)C[C@H](C(=O)NC[C@@H]1COc3ccccc3O1)O2. The van der Waals surface area contributed by atoms with Crippen LogP contribution in [0, 0.1) is 6.92 Å². The predicted molar refractivity (Wildman–Crippen MR) is 126 cm³/mol. The lowest BCUT2D eigenvalue weighted by Crippen LogP contribution is -2.52. The molecule has 3 aromatic carbocycles. The van der Waals surface area contributed by atoms with E-state index in [0.717, 1.165) is 5.56 Å². The van der Waals surface area contributed by atoms with E-state index in [2.05, 4.69) is 5.32 Å². The second-order valence-corrected chi connectivity index (χ2v) is 10.0. The highest BCUT2D eigenvalue weighted by Gasteiger charge is 2.38. The molecule has 0 aliphatic carbocycles. The van der Waals surface area contributed by atoms with E-state index in [1.54, 1.807) is 36.4 Å². The van der Waals surface area contributed by atoms with Gasteiger partial charge in [-0.1, -0.05) is 36.4 Å². The zero-order valence-corrected chi connectivity index (χ0v) is 19.3. The van der Waals surface area contributed by atoms with Crippen LogP contribution in [0.2, 0.25) is 0 Å². The summed E-state index contributed by atoms with van der Waals surface area (Å²) in [5.74, 6) is 1.19. The Morgan fingerprint density at radius 3 is 2.50 bits per heavy atom. The topological polar surface area (TPSA) is 94.2 Å². The Kier molecular flexibility index (Phi) is 5.79. The van der Waals surface area contributed by atoms with Crippen LogP contribution >= 0.6 is 0 Å². The van der Waals surface area contributed by atoms with E-state index in [0.29, 0.717) is 29.5 Å². The van der Waals surface area contributed by atoms with E-state index in [9.17, 15) is 13.2 Å². The van der Waals surface area contributed by atoms with Gasteiger partial charge in [0.05, 0.1) is 23.7 Å². The standard InChI is InChI=1S/C25H24N2O6S/c1-17-11-12-21-20(13-17)27(34(29,30)19-7-3-2-4-8-19)15-24(33-21)25(28)26-14-18-16-31-22-9-5-6-10-23(22)32-18/h2-13,18,24H,14-16H2,1H3,(H,26,28)/t18-,24-/m1/s1. The van der Waals surface area contributed by atoms with E-state index in [1.807, 2.05) is 31.2 Å². The van der Waals surface area contributed by atoms with Crippen molar-refractivity contribution in [1.29, 1.82) is 0 Å². The number of fused-ring (bicyclic) bond motifs is 2. The number of aryl methyl sites for hydroxylation is 1. The number of ether oxygens (including phenoxy) is 3. The van der Waals surface area contributed by atoms with Crippen LogP contribution in [-0.4, -0.2) is 46.2 Å². The van der Waals surface area contributed by atoms with Gasteiger partial charge in [-0.25, -0.2) is 8.42 Å². The maximum Gasteiger partial charge on any atom is 0.264 e. The Balaban J connectivity index is 1.34. The van der Waals surface area contributed by atoms with Crippen molar-refractivity contribution < 1.29 is 27.4 Å². The average Bonchev–Trinajstić information content (AvgIpc) is 2.87. The van der Waals surface area contributed by atoms with Gasteiger partial charge in [-0.15, -0.1) is 0 Å². The summed E-state index contributed by atoms with van der Waals surface area (Å²) in [7, 11) is -3.90. The number of amides is 1. The van der Waals surface area contributed by atoms with Crippen molar-refractivity contribution in [3.63, 3.8) is 0 Å². The summed E-state index contributed by atoms with van der Waals surface area (Å²) in [5, 5.41) is 2.82. The number of rotatable bonds is 5. The molecule has 0 saturated carbocycles. The third kappa shape index (κ3) is 4.26. The summed E-state index contributed by atoms with van der Waals surface area (Å²) in [6.45, 7) is 2.21. The molecule has 5 rings (SSSR count). The number of para-hydroxylation sites is 2. The zero-order valence-electron chi connectivity index (χ0n) is 18.5. The van der Waals surface area contributed by atoms with E-state index in [-0.39, 0.29) is 24.1 Å². The number of sulfonamides is 1. The van der Waals surface area contributed by atoms with Crippen LogP contribution in [0.25, 0.3) is 0 Å².